The Morgan fingerprint density at radius 1 is 1.50 bits per heavy atom. The highest BCUT2D eigenvalue weighted by molar-refractivity contribution is 5.95. The molecular formula is C15H21N3O4. The SMILES string of the molecule is CNC(=O)C[C@]1(COC)CCCN1C(=O)c1cncc(O)c1. The van der Waals surface area contributed by atoms with E-state index in [1.807, 2.05) is 0 Å². The third kappa shape index (κ3) is 3.19. The van der Waals surface area contributed by atoms with E-state index in [1.165, 1.54) is 18.5 Å². The van der Waals surface area contributed by atoms with Crippen LogP contribution in [0.4, 0.5) is 0 Å². The van der Waals surface area contributed by atoms with Crippen molar-refractivity contribution in [2.75, 3.05) is 27.3 Å². The molecule has 0 unspecified atom stereocenters. The smallest absolute Gasteiger partial charge is 0.256 e. The van der Waals surface area contributed by atoms with Crippen molar-refractivity contribution in [3.8, 4) is 5.75 Å². The molecule has 1 aliphatic rings. The Morgan fingerprint density at radius 3 is 2.91 bits per heavy atom. The van der Waals surface area contributed by atoms with Crippen LogP contribution in [0, 0.1) is 0 Å². The van der Waals surface area contributed by atoms with E-state index in [4.69, 9.17) is 4.74 Å². The summed E-state index contributed by atoms with van der Waals surface area (Å²) in [6.45, 7) is 0.841. The molecule has 1 aliphatic heterocycles. The Balaban J connectivity index is 2.30. The van der Waals surface area contributed by atoms with Crippen molar-refractivity contribution in [2.45, 2.75) is 24.8 Å². The second kappa shape index (κ2) is 6.74. The molecule has 2 rings (SSSR count). The molecule has 2 N–H and O–H groups in total. The molecule has 7 heteroatoms. The molecule has 22 heavy (non-hydrogen) atoms. The van der Waals surface area contributed by atoms with Gasteiger partial charge in [0, 0.05) is 26.9 Å². The number of likely N-dealkylation sites (tertiary alicyclic amines) is 1. The number of pyridine rings is 1. The van der Waals surface area contributed by atoms with E-state index in [-0.39, 0.29) is 24.0 Å². The van der Waals surface area contributed by atoms with Crippen molar-refractivity contribution in [3.05, 3.63) is 24.0 Å². The first-order valence-electron chi connectivity index (χ1n) is 7.18. The summed E-state index contributed by atoms with van der Waals surface area (Å²) >= 11 is 0. The van der Waals surface area contributed by atoms with Gasteiger partial charge in [-0.25, -0.2) is 0 Å². The predicted octanol–water partition coefficient (Wildman–Crippen LogP) is 0.545. The molecule has 1 fully saturated rings. The van der Waals surface area contributed by atoms with Gasteiger partial charge in [-0.05, 0) is 18.9 Å². The number of methoxy groups -OCH3 is 1. The number of ether oxygens (including phenoxy) is 1. The largest absolute Gasteiger partial charge is 0.506 e. The highest BCUT2D eigenvalue weighted by Crippen LogP contribution is 2.34. The first kappa shape index (κ1) is 16.2. The minimum atomic E-state index is -0.655. The molecule has 1 aromatic heterocycles. The van der Waals surface area contributed by atoms with Crippen LogP contribution in [0.15, 0.2) is 18.5 Å². The summed E-state index contributed by atoms with van der Waals surface area (Å²) in [5, 5.41) is 12.1. The Bertz CT molecular complexity index is 563. The van der Waals surface area contributed by atoms with Crippen LogP contribution in [0.2, 0.25) is 0 Å². The van der Waals surface area contributed by atoms with Crippen LogP contribution in [0.25, 0.3) is 0 Å². The molecule has 2 amide bonds. The van der Waals surface area contributed by atoms with E-state index in [9.17, 15) is 14.7 Å². The normalized spacial score (nSPS) is 20.9. The number of nitrogens with one attached hydrogen (secondary N) is 1. The van der Waals surface area contributed by atoms with Crippen molar-refractivity contribution in [3.63, 3.8) is 0 Å². The fourth-order valence-corrected chi connectivity index (χ4v) is 3.00. The molecule has 0 radical (unpaired) electrons. The number of nitrogens with zero attached hydrogens (tertiary/aromatic N) is 2. The zero-order valence-electron chi connectivity index (χ0n) is 12.8. The number of hydrogen-bond acceptors (Lipinski definition) is 5. The van der Waals surface area contributed by atoms with Gasteiger partial charge in [0.1, 0.15) is 5.75 Å². The van der Waals surface area contributed by atoms with Crippen molar-refractivity contribution in [1.82, 2.24) is 15.2 Å². The summed E-state index contributed by atoms with van der Waals surface area (Å²) in [6, 6.07) is 1.38. The van der Waals surface area contributed by atoms with E-state index < -0.39 is 5.54 Å². The maximum absolute atomic E-state index is 12.7. The van der Waals surface area contributed by atoms with Crippen LogP contribution in [0.3, 0.4) is 0 Å². The fourth-order valence-electron chi connectivity index (χ4n) is 3.00. The molecule has 1 saturated heterocycles. The number of hydrogen-bond donors (Lipinski definition) is 2. The number of carbonyl (C=O) groups is 2. The molecular weight excluding hydrogens is 286 g/mol. The summed E-state index contributed by atoms with van der Waals surface area (Å²) in [4.78, 5) is 30.1. The second-order valence-corrected chi connectivity index (χ2v) is 5.50. The molecule has 0 aromatic carbocycles. The van der Waals surface area contributed by atoms with E-state index >= 15 is 0 Å². The first-order chi connectivity index (χ1) is 10.5. The highest BCUT2D eigenvalue weighted by Gasteiger charge is 2.45. The van der Waals surface area contributed by atoms with Crippen LogP contribution < -0.4 is 5.32 Å². The van der Waals surface area contributed by atoms with Crippen molar-refractivity contribution >= 4 is 11.8 Å². The van der Waals surface area contributed by atoms with Crippen LogP contribution in [-0.2, 0) is 9.53 Å². The van der Waals surface area contributed by atoms with Crippen LogP contribution in [-0.4, -0.2) is 59.7 Å². The van der Waals surface area contributed by atoms with E-state index in [0.29, 0.717) is 25.1 Å². The predicted molar refractivity (Wildman–Crippen MR) is 79.5 cm³/mol. The maximum atomic E-state index is 12.7. The Morgan fingerprint density at radius 2 is 2.27 bits per heavy atom. The van der Waals surface area contributed by atoms with Crippen LogP contribution in [0.5, 0.6) is 5.75 Å². The van der Waals surface area contributed by atoms with Crippen molar-refractivity contribution in [1.29, 1.82) is 0 Å². The van der Waals surface area contributed by atoms with Gasteiger partial charge < -0.3 is 20.1 Å². The standard InChI is InChI=1S/C15H21N3O4/c1-16-13(20)7-15(10-22-2)4-3-5-18(15)14(21)11-6-12(19)9-17-8-11/h6,8-9,19H,3-5,7,10H2,1-2H3,(H,16,20)/t15-/m0/s1. The van der Waals surface area contributed by atoms with Gasteiger partial charge in [-0.1, -0.05) is 0 Å². The summed E-state index contributed by atoms with van der Waals surface area (Å²) in [6.07, 6.45) is 4.38. The van der Waals surface area contributed by atoms with Gasteiger partial charge in [0.05, 0.1) is 30.3 Å². The lowest BCUT2D eigenvalue weighted by molar-refractivity contribution is -0.123. The summed E-state index contributed by atoms with van der Waals surface area (Å²) < 4.78 is 5.28. The number of amides is 2. The van der Waals surface area contributed by atoms with Gasteiger partial charge in [-0.3, -0.25) is 14.6 Å². The number of aromatic nitrogens is 1. The second-order valence-electron chi connectivity index (χ2n) is 5.50. The molecule has 7 nitrogen and oxygen atoms in total. The zero-order chi connectivity index (χ0) is 16.2. The Kier molecular flexibility index (Phi) is 4.97. The quantitative estimate of drug-likeness (QED) is 0.828. The molecule has 2 heterocycles. The zero-order valence-corrected chi connectivity index (χ0v) is 12.8. The van der Waals surface area contributed by atoms with Crippen molar-refractivity contribution < 1.29 is 19.4 Å². The minimum Gasteiger partial charge on any atom is -0.506 e. The summed E-state index contributed by atoms with van der Waals surface area (Å²) in [7, 11) is 3.13. The molecule has 0 aliphatic carbocycles. The van der Waals surface area contributed by atoms with Crippen LogP contribution in [0.1, 0.15) is 29.6 Å². The van der Waals surface area contributed by atoms with E-state index in [2.05, 4.69) is 10.3 Å². The summed E-state index contributed by atoms with van der Waals surface area (Å²) in [5.41, 5.74) is -0.350. The Hall–Kier alpha value is -2.15. The third-order valence-corrected chi connectivity index (χ3v) is 3.99. The first-order valence-corrected chi connectivity index (χ1v) is 7.18. The van der Waals surface area contributed by atoms with Crippen LogP contribution >= 0.6 is 0 Å². The van der Waals surface area contributed by atoms with Gasteiger partial charge in [-0.15, -0.1) is 0 Å². The van der Waals surface area contributed by atoms with E-state index in [1.54, 1.807) is 19.1 Å². The average Bonchev–Trinajstić information content (AvgIpc) is 2.90. The van der Waals surface area contributed by atoms with Gasteiger partial charge >= 0.3 is 0 Å². The minimum absolute atomic E-state index is 0.0614. The lowest BCUT2D eigenvalue weighted by Crippen LogP contribution is -2.52. The topological polar surface area (TPSA) is 91.8 Å². The third-order valence-electron chi connectivity index (χ3n) is 3.99. The lowest BCUT2D eigenvalue weighted by Gasteiger charge is -2.37. The molecule has 120 valence electrons. The monoisotopic (exact) mass is 307 g/mol. The van der Waals surface area contributed by atoms with Gasteiger partial charge in [-0.2, -0.15) is 0 Å². The number of aromatic hydroxyl groups is 1. The fraction of sp³-hybridized carbons (Fsp3) is 0.533. The molecule has 0 saturated carbocycles. The average molecular weight is 307 g/mol. The molecule has 0 bridgehead atoms. The molecule has 1 aromatic rings. The number of carbonyl (C=O) groups excluding carboxylic acids is 2. The van der Waals surface area contributed by atoms with Gasteiger partial charge in [0.15, 0.2) is 0 Å². The molecule has 1 atom stereocenters. The highest BCUT2D eigenvalue weighted by atomic mass is 16.5. The van der Waals surface area contributed by atoms with Crippen molar-refractivity contribution in [2.24, 2.45) is 0 Å². The van der Waals surface area contributed by atoms with Gasteiger partial charge in [0.2, 0.25) is 5.91 Å². The summed E-state index contributed by atoms with van der Waals surface area (Å²) in [5.74, 6) is -0.443. The van der Waals surface area contributed by atoms with E-state index in [0.717, 1.165) is 6.42 Å². The van der Waals surface area contributed by atoms with Gasteiger partial charge in [0.25, 0.3) is 5.91 Å². The maximum Gasteiger partial charge on any atom is 0.256 e. The molecule has 0 spiro atoms. The lowest BCUT2D eigenvalue weighted by atomic mass is 9.91. The number of rotatable bonds is 5. The Labute approximate surface area is 129 Å².